The molecule has 0 aliphatic carbocycles. The fraction of sp³-hybridized carbons (Fsp3) is 0.346. The van der Waals surface area contributed by atoms with Gasteiger partial charge < -0.3 is 0 Å². The highest BCUT2D eigenvalue weighted by Crippen LogP contribution is 2.41. The van der Waals surface area contributed by atoms with Gasteiger partial charge in [0.05, 0.1) is 13.1 Å². The van der Waals surface area contributed by atoms with Gasteiger partial charge in [-0.2, -0.15) is 0 Å². The van der Waals surface area contributed by atoms with E-state index in [4.69, 9.17) is 0 Å². The van der Waals surface area contributed by atoms with Crippen molar-refractivity contribution in [2.45, 2.75) is 104 Å². The maximum Gasteiger partial charge on any atom is 0.261 e. The molecule has 0 N–H and O–H groups in total. The van der Waals surface area contributed by atoms with E-state index in [1.807, 2.05) is 32.9 Å². The molecule has 5 aromatic carbocycles. The van der Waals surface area contributed by atoms with E-state index < -0.39 is 52.7 Å². The van der Waals surface area contributed by atoms with E-state index >= 15 is 0 Å². The second-order valence-corrected chi connectivity index (χ2v) is 18.5. The van der Waals surface area contributed by atoms with Gasteiger partial charge in [-0.05, 0) is 83.5 Å². The highest BCUT2D eigenvalue weighted by atomic mass is 16.2. The predicted molar refractivity (Wildman–Crippen MR) is 240 cm³/mol. The second kappa shape index (κ2) is 16.1. The molecule has 5 aromatic rings. The van der Waals surface area contributed by atoms with Crippen LogP contribution < -0.4 is 0 Å². The molecule has 0 aromatic heterocycles. The largest absolute Gasteiger partial charge is 0.274 e. The predicted octanol–water partition coefficient (Wildman–Crippen LogP) is 9.24. The zero-order valence-electron chi connectivity index (χ0n) is 36.9. The first kappa shape index (κ1) is 42.5. The third-order valence-corrected chi connectivity index (χ3v) is 13.2. The fourth-order valence-electron chi connectivity index (χ4n) is 9.78. The van der Waals surface area contributed by atoms with Crippen LogP contribution in [0.4, 0.5) is 0 Å². The number of amides is 8. The Balaban J connectivity index is 1.01. The van der Waals surface area contributed by atoms with Crippen LogP contribution in [0.3, 0.4) is 0 Å². The maximum absolute atomic E-state index is 14.3. The van der Waals surface area contributed by atoms with Crippen LogP contribution in [0.5, 0.6) is 0 Å². The van der Waals surface area contributed by atoms with Gasteiger partial charge in [0.1, 0.15) is 0 Å². The Kier molecular flexibility index (Phi) is 10.7. The molecule has 0 unspecified atom stereocenters. The minimum atomic E-state index is -0.569. The molecule has 326 valence electrons. The lowest BCUT2D eigenvalue weighted by Gasteiger charge is -2.33. The summed E-state index contributed by atoms with van der Waals surface area (Å²) in [4.78, 5) is 117. The lowest BCUT2D eigenvalue weighted by atomic mass is 9.84. The van der Waals surface area contributed by atoms with Crippen molar-refractivity contribution < 1.29 is 38.4 Å². The first-order valence-electron chi connectivity index (χ1n) is 22.4. The Morgan fingerprint density at radius 2 is 0.625 bits per heavy atom. The minimum Gasteiger partial charge on any atom is -0.274 e. The normalized spacial score (nSPS) is 15.8. The van der Waals surface area contributed by atoms with Gasteiger partial charge in [-0.1, -0.05) is 91.3 Å². The van der Waals surface area contributed by atoms with Crippen molar-refractivity contribution in [3.8, 4) is 0 Å². The number of unbranched alkanes of at least 4 members (excludes halogenated alkanes) is 6. The number of nitrogens with zero attached hydrogens (tertiary/aromatic N) is 4. The van der Waals surface area contributed by atoms with Crippen molar-refractivity contribution in [3.63, 3.8) is 0 Å². The molecule has 0 saturated carbocycles. The van der Waals surface area contributed by atoms with Crippen molar-refractivity contribution >= 4 is 68.8 Å². The molecular weight excluding hydrogens is 809 g/mol. The number of benzene rings is 5. The molecule has 0 radical (unpaired) electrons. The summed E-state index contributed by atoms with van der Waals surface area (Å²) in [5.74, 6) is -4.03. The summed E-state index contributed by atoms with van der Waals surface area (Å²) in [7, 11) is 0. The monoisotopic (exact) mass is 858 g/mol. The van der Waals surface area contributed by atoms with Gasteiger partial charge in [0.15, 0.2) is 0 Å². The van der Waals surface area contributed by atoms with E-state index in [2.05, 4.69) is 13.8 Å². The Bertz CT molecular complexity index is 2610. The van der Waals surface area contributed by atoms with Crippen molar-refractivity contribution in [1.29, 1.82) is 0 Å². The van der Waals surface area contributed by atoms with E-state index in [1.54, 1.807) is 54.6 Å². The first-order chi connectivity index (χ1) is 30.7. The van der Waals surface area contributed by atoms with Gasteiger partial charge in [0, 0.05) is 79.1 Å². The third-order valence-electron chi connectivity index (χ3n) is 13.2. The molecule has 0 spiro atoms. The van der Waals surface area contributed by atoms with Crippen LogP contribution in [0.25, 0.3) is 21.5 Å². The number of carbonyl (C=O) groups excluding carboxylic acids is 8. The fourth-order valence-corrected chi connectivity index (χ4v) is 9.78. The summed E-state index contributed by atoms with van der Waals surface area (Å²) in [6, 6.07) is 18.1. The summed E-state index contributed by atoms with van der Waals surface area (Å²) in [6.45, 7) is 10.5. The van der Waals surface area contributed by atoms with Crippen LogP contribution in [0.1, 0.15) is 186 Å². The Hall–Kier alpha value is -6.82. The van der Waals surface area contributed by atoms with Crippen molar-refractivity contribution in [3.05, 3.63) is 128 Å². The summed E-state index contributed by atoms with van der Waals surface area (Å²) in [5.41, 5.74) is 3.61. The van der Waals surface area contributed by atoms with Crippen LogP contribution in [0, 0.1) is 0 Å². The van der Waals surface area contributed by atoms with Gasteiger partial charge in [0.2, 0.25) is 0 Å². The van der Waals surface area contributed by atoms with Crippen molar-refractivity contribution in [2.75, 3.05) is 13.1 Å². The molecule has 0 atom stereocenters. The van der Waals surface area contributed by atoms with E-state index in [9.17, 15) is 38.4 Å². The molecule has 4 heterocycles. The average molecular weight is 859 g/mol. The highest BCUT2D eigenvalue weighted by Gasteiger charge is 2.42. The number of rotatable bonds is 14. The quantitative estimate of drug-likeness (QED) is 0.0793. The van der Waals surface area contributed by atoms with Crippen LogP contribution in [0.15, 0.2) is 66.7 Å². The Morgan fingerprint density at radius 1 is 0.359 bits per heavy atom. The lowest BCUT2D eigenvalue weighted by molar-refractivity contribution is 0.0579. The molecule has 0 bridgehead atoms. The zero-order chi connectivity index (χ0) is 45.4. The SMILES string of the molecule is CCCCCCN1C(=O)c2ccc3c4c(ccc(c24)C1=O)C(=O)N(Cc1cc(CN2C(=O)c4ccc5c6c(ccc(c46)C2=O)C(=O)N(CCCCCC)C5=O)cc(C(C)(C)C)c1)C3=O. The van der Waals surface area contributed by atoms with Crippen molar-refractivity contribution in [2.24, 2.45) is 0 Å². The maximum atomic E-state index is 14.3. The van der Waals surface area contributed by atoms with E-state index in [-0.39, 0.29) is 70.7 Å². The molecule has 0 saturated heterocycles. The minimum absolute atomic E-state index is 0.129. The molecular formula is C52H50N4O8. The van der Waals surface area contributed by atoms with E-state index in [1.165, 1.54) is 9.80 Å². The molecule has 4 aliphatic heterocycles. The summed E-state index contributed by atoms with van der Waals surface area (Å²) < 4.78 is 0. The zero-order valence-corrected chi connectivity index (χ0v) is 36.9. The van der Waals surface area contributed by atoms with Crippen LogP contribution >= 0.6 is 0 Å². The summed E-state index contributed by atoms with van der Waals surface area (Å²) in [6.07, 6.45) is 7.18. The number of hydrogen-bond acceptors (Lipinski definition) is 8. The van der Waals surface area contributed by atoms with Crippen molar-refractivity contribution in [1.82, 2.24) is 19.6 Å². The summed E-state index contributed by atoms with van der Waals surface area (Å²) >= 11 is 0. The highest BCUT2D eigenvalue weighted by molar-refractivity contribution is 6.34. The molecule has 8 amide bonds. The average Bonchev–Trinajstić information content (AvgIpc) is 3.27. The third kappa shape index (κ3) is 6.73. The number of imide groups is 4. The molecule has 0 fully saturated rings. The van der Waals surface area contributed by atoms with Gasteiger partial charge in [-0.15, -0.1) is 0 Å². The van der Waals surface area contributed by atoms with Gasteiger partial charge in [0.25, 0.3) is 47.3 Å². The van der Waals surface area contributed by atoms with Gasteiger partial charge in [-0.3, -0.25) is 58.0 Å². The molecule has 12 heteroatoms. The van der Waals surface area contributed by atoms with Gasteiger partial charge >= 0.3 is 0 Å². The number of hydrogen-bond donors (Lipinski definition) is 0. The smallest absolute Gasteiger partial charge is 0.261 e. The van der Waals surface area contributed by atoms with Crippen LogP contribution in [-0.2, 0) is 18.5 Å². The molecule has 64 heavy (non-hydrogen) atoms. The molecule has 4 aliphatic rings. The van der Waals surface area contributed by atoms with Gasteiger partial charge in [-0.25, -0.2) is 0 Å². The second-order valence-electron chi connectivity index (χ2n) is 18.5. The van der Waals surface area contributed by atoms with E-state index in [0.29, 0.717) is 45.5 Å². The van der Waals surface area contributed by atoms with Crippen LogP contribution in [0.2, 0.25) is 0 Å². The Labute approximate surface area is 371 Å². The standard InChI is InChI=1S/C52H50N4O8/c1-6-8-10-12-22-53-44(57)32-14-18-36-42-37(19-15-33(40(32)42)45(53)58)49(62)55(48(36)61)27-29-24-30(26-31(25-29)52(3,4)5)28-56-50(63)38-20-16-34-41-35(17-21-39(43(38)41)51(56)64)47(60)54(46(34)59)23-13-11-9-7-2/h14-21,24-26H,6-13,22-23,27-28H2,1-5H3. The lowest BCUT2D eigenvalue weighted by Crippen LogP contribution is -2.43. The Morgan fingerprint density at radius 3 is 0.875 bits per heavy atom. The van der Waals surface area contributed by atoms with E-state index in [0.717, 1.165) is 53.9 Å². The van der Waals surface area contributed by atoms with Crippen LogP contribution in [-0.4, -0.2) is 79.9 Å². The first-order valence-corrected chi connectivity index (χ1v) is 22.4. The molecule has 12 nitrogen and oxygen atoms in total. The summed E-state index contributed by atoms with van der Waals surface area (Å²) in [5, 5.41) is 1.25. The topological polar surface area (TPSA) is 150 Å². The molecule has 9 rings (SSSR count). The number of carbonyl (C=O) groups is 8.